The van der Waals surface area contributed by atoms with Crippen molar-refractivity contribution in [1.29, 1.82) is 5.26 Å². The van der Waals surface area contributed by atoms with Gasteiger partial charge in [0.2, 0.25) is 11.7 Å². The molecule has 3 rings (SSSR count). The highest BCUT2D eigenvalue weighted by Gasteiger charge is 2.47. The van der Waals surface area contributed by atoms with Gasteiger partial charge in [-0.25, -0.2) is 0 Å². The summed E-state index contributed by atoms with van der Waals surface area (Å²) >= 11 is 12.0. The molecule has 2 fully saturated rings. The maximum atomic E-state index is 12.6. The van der Waals surface area contributed by atoms with Gasteiger partial charge in [-0.05, 0) is 43.4 Å². The second kappa shape index (κ2) is 8.67. The molecule has 1 N–H and O–H groups in total. The van der Waals surface area contributed by atoms with E-state index in [1.807, 2.05) is 0 Å². The number of halogens is 5. The molecule has 2 amide bonds. The minimum atomic E-state index is -4.66. The number of carbonyl (C=O) groups is 3. The van der Waals surface area contributed by atoms with Gasteiger partial charge < -0.3 is 10.2 Å². The van der Waals surface area contributed by atoms with Crippen molar-refractivity contribution in [1.82, 2.24) is 10.2 Å². The van der Waals surface area contributed by atoms with Crippen molar-refractivity contribution in [2.45, 2.75) is 43.3 Å². The fourth-order valence-electron chi connectivity index (χ4n) is 4.06. The number of rotatable bonds is 4. The molecule has 0 spiro atoms. The first-order valence-electron chi connectivity index (χ1n) is 9.53. The zero-order valence-corrected chi connectivity index (χ0v) is 17.7. The summed E-state index contributed by atoms with van der Waals surface area (Å²) < 4.78 is 37.7. The Labute approximate surface area is 186 Å². The third kappa shape index (κ3) is 4.96. The van der Waals surface area contributed by atoms with Gasteiger partial charge in [-0.15, -0.1) is 0 Å². The zero-order chi connectivity index (χ0) is 23.0. The number of hydrogen-bond acceptors (Lipinski definition) is 4. The summed E-state index contributed by atoms with van der Waals surface area (Å²) in [5, 5.41) is 13.1. The van der Waals surface area contributed by atoms with Crippen molar-refractivity contribution in [3.8, 4) is 6.07 Å². The number of carbonyl (C=O) groups excluding carboxylic acids is 3. The van der Waals surface area contributed by atoms with Crippen LogP contribution in [0.15, 0.2) is 18.2 Å². The van der Waals surface area contributed by atoms with Crippen LogP contribution in [0.25, 0.3) is 0 Å². The Morgan fingerprint density at radius 3 is 2.42 bits per heavy atom. The standard InChI is InChI=1S/C20H18Cl2F3N3O3/c21-14-2-1-11(7-15(14)22)19(9-26)5-3-12(4-6-19)27-17(30)13-8-28(10-20(23,24)25)18(31)16(13)29/h1-2,7,12-13H,3-6,8,10H2,(H,27,30). The number of ketones is 1. The van der Waals surface area contributed by atoms with Gasteiger partial charge in [-0.1, -0.05) is 29.3 Å². The van der Waals surface area contributed by atoms with Crippen LogP contribution >= 0.6 is 23.2 Å². The molecule has 0 aromatic heterocycles. The quantitative estimate of drug-likeness (QED) is 0.533. The molecule has 1 heterocycles. The van der Waals surface area contributed by atoms with E-state index in [0.29, 0.717) is 46.2 Å². The molecule has 1 saturated heterocycles. The Morgan fingerprint density at radius 1 is 1.23 bits per heavy atom. The van der Waals surface area contributed by atoms with Gasteiger partial charge in [0.1, 0.15) is 12.5 Å². The van der Waals surface area contributed by atoms with E-state index in [2.05, 4.69) is 11.4 Å². The maximum absolute atomic E-state index is 12.6. The number of Topliss-reactive ketones (excluding diaryl/α,β-unsaturated/α-hetero) is 1. The molecule has 1 atom stereocenters. The molecule has 31 heavy (non-hydrogen) atoms. The number of nitrogens with zero attached hydrogens (tertiary/aromatic N) is 2. The third-order valence-corrected chi connectivity index (χ3v) is 6.51. The van der Waals surface area contributed by atoms with Gasteiger partial charge in [0.05, 0.1) is 21.5 Å². The van der Waals surface area contributed by atoms with E-state index >= 15 is 0 Å². The lowest BCUT2D eigenvalue weighted by atomic mass is 9.69. The number of likely N-dealkylation sites (tertiary alicyclic amines) is 1. The van der Waals surface area contributed by atoms with E-state index in [1.165, 1.54) is 0 Å². The van der Waals surface area contributed by atoms with E-state index in [0.717, 1.165) is 0 Å². The van der Waals surface area contributed by atoms with Crippen LogP contribution in [0.3, 0.4) is 0 Å². The lowest BCUT2D eigenvalue weighted by molar-refractivity contribution is -0.159. The van der Waals surface area contributed by atoms with Gasteiger partial charge in [0.15, 0.2) is 0 Å². The normalized spacial score (nSPS) is 26.6. The molecular formula is C20H18Cl2F3N3O3. The van der Waals surface area contributed by atoms with Gasteiger partial charge >= 0.3 is 6.18 Å². The van der Waals surface area contributed by atoms with Crippen LogP contribution in [0.5, 0.6) is 0 Å². The first kappa shape index (κ1) is 23.4. The number of hydrogen-bond donors (Lipinski definition) is 1. The van der Waals surface area contributed by atoms with Crippen molar-refractivity contribution in [2.75, 3.05) is 13.1 Å². The topological polar surface area (TPSA) is 90.3 Å². The maximum Gasteiger partial charge on any atom is 0.406 e. The molecule has 11 heteroatoms. The Balaban J connectivity index is 1.62. The largest absolute Gasteiger partial charge is 0.406 e. The van der Waals surface area contributed by atoms with Crippen LogP contribution in [-0.2, 0) is 19.8 Å². The molecule has 1 aromatic carbocycles. The molecular weight excluding hydrogens is 458 g/mol. The van der Waals surface area contributed by atoms with Crippen LogP contribution in [0, 0.1) is 17.2 Å². The Morgan fingerprint density at radius 2 is 1.87 bits per heavy atom. The molecule has 1 aromatic rings. The predicted molar refractivity (Wildman–Crippen MR) is 105 cm³/mol. The minimum absolute atomic E-state index is 0.331. The second-order valence-electron chi connectivity index (χ2n) is 7.82. The van der Waals surface area contributed by atoms with Crippen LogP contribution in [0.2, 0.25) is 10.0 Å². The molecule has 1 aliphatic carbocycles. The molecule has 1 aliphatic heterocycles. The molecule has 0 radical (unpaired) electrons. The molecule has 1 unspecified atom stereocenters. The highest BCUT2D eigenvalue weighted by molar-refractivity contribution is 6.42. The summed E-state index contributed by atoms with van der Waals surface area (Å²) in [5.74, 6) is -4.68. The first-order valence-corrected chi connectivity index (χ1v) is 10.3. The SMILES string of the molecule is N#CC1(c2ccc(Cl)c(Cl)c2)CCC(NC(=O)C2CN(CC(F)(F)F)C(=O)C2=O)CC1. The van der Waals surface area contributed by atoms with Gasteiger partial charge in [0.25, 0.3) is 5.91 Å². The van der Waals surface area contributed by atoms with Crippen LogP contribution in [-0.4, -0.2) is 47.8 Å². The predicted octanol–water partition coefficient (Wildman–Crippen LogP) is 3.40. The number of nitrogens with one attached hydrogen (secondary N) is 1. The van der Waals surface area contributed by atoms with E-state index < -0.39 is 48.2 Å². The zero-order valence-electron chi connectivity index (χ0n) is 16.1. The van der Waals surface area contributed by atoms with Crippen molar-refractivity contribution in [3.63, 3.8) is 0 Å². The van der Waals surface area contributed by atoms with Crippen LogP contribution < -0.4 is 5.32 Å². The number of benzene rings is 1. The van der Waals surface area contributed by atoms with Crippen LogP contribution in [0.4, 0.5) is 13.2 Å². The first-order chi connectivity index (χ1) is 14.5. The Hall–Kier alpha value is -2.31. The van der Waals surface area contributed by atoms with Crippen LogP contribution in [0.1, 0.15) is 31.2 Å². The van der Waals surface area contributed by atoms with Crippen molar-refractivity contribution in [2.24, 2.45) is 5.92 Å². The highest BCUT2D eigenvalue weighted by atomic mass is 35.5. The van der Waals surface area contributed by atoms with E-state index in [1.54, 1.807) is 18.2 Å². The van der Waals surface area contributed by atoms with E-state index in [4.69, 9.17) is 23.2 Å². The smallest absolute Gasteiger partial charge is 0.353 e. The summed E-state index contributed by atoms with van der Waals surface area (Å²) in [6.07, 6.45) is -3.01. The van der Waals surface area contributed by atoms with Gasteiger partial charge in [-0.2, -0.15) is 18.4 Å². The molecule has 0 bridgehead atoms. The summed E-state index contributed by atoms with van der Waals surface area (Å²) in [7, 11) is 0. The summed E-state index contributed by atoms with van der Waals surface area (Å²) in [6.45, 7) is -2.17. The van der Waals surface area contributed by atoms with E-state index in [-0.39, 0.29) is 6.04 Å². The second-order valence-corrected chi connectivity index (χ2v) is 8.64. The van der Waals surface area contributed by atoms with Crippen molar-refractivity contribution >= 4 is 40.8 Å². The van der Waals surface area contributed by atoms with Crippen molar-refractivity contribution in [3.05, 3.63) is 33.8 Å². The molecule has 2 aliphatic rings. The average Bonchev–Trinajstić information content (AvgIpc) is 2.98. The lowest BCUT2D eigenvalue weighted by Gasteiger charge is -2.36. The lowest BCUT2D eigenvalue weighted by Crippen LogP contribution is -2.45. The summed E-state index contributed by atoms with van der Waals surface area (Å²) in [4.78, 5) is 36.6. The monoisotopic (exact) mass is 475 g/mol. The summed E-state index contributed by atoms with van der Waals surface area (Å²) in [6, 6.07) is 6.94. The molecule has 6 nitrogen and oxygen atoms in total. The molecule has 166 valence electrons. The van der Waals surface area contributed by atoms with Gasteiger partial charge in [0, 0.05) is 12.6 Å². The average molecular weight is 476 g/mol. The number of amides is 2. The Bertz CT molecular complexity index is 953. The van der Waals surface area contributed by atoms with Gasteiger partial charge in [-0.3, -0.25) is 14.4 Å². The van der Waals surface area contributed by atoms with Crippen molar-refractivity contribution < 1.29 is 27.6 Å². The highest BCUT2D eigenvalue weighted by Crippen LogP contribution is 2.41. The number of alkyl halides is 3. The summed E-state index contributed by atoms with van der Waals surface area (Å²) in [5.41, 5.74) is -0.0912. The molecule has 1 saturated carbocycles. The fraction of sp³-hybridized carbons (Fsp3) is 0.500. The van der Waals surface area contributed by atoms with E-state index in [9.17, 15) is 32.8 Å². The Kier molecular flexibility index (Phi) is 6.53. The number of nitriles is 1. The third-order valence-electron chi connectivity index (χ3n) is 5.78. The fourth-order valence-corrected chi connectivity index (χ4v) is 4.36. The minimum Gasteiger partial charge on any atom is -0.353 e.